The molecule has 9 nitrogen and oxygen atoms in total. The highest BCUT2D eigenvalue weighted by Gasteiger charge is 2.20. The van der Waals surface area contributed by atoms with E-state index >= 15 is 0 Å². The fraction of sp³-hybridized carbons (Fsp3) is 0.800. The molecular formula is C20H39N5O4. The molecule has 0 saturated heterocycles. The molecule has 0 aromatic carbocycles. The number of unbranched alkanes of at least 4 members (excludes halogenated alkanes) is 8. The second-order valence-electron chi connectivity index (χ2n) is 7.26. The minimum absolute atomic E-state index is 0.0359. The van der Waals surface area contributed by atoms with E-state index in [1.54, 1.807) is 0 Å². The number of hydrogen-bond acceptors (Lipinski definition) is 4. The lowest BCUT2D eigenvalue weighted by molar-refractivity contribution is -0.138. The number of guanidine groups is 1. The molecule has 1 atom stereocenters. The summed E-state index contributed by atoms with van der Waals surface area (Å²) in [5, 5.41) is 13.7. The average molecular weight is 414 g/mol. The molecule has 0 aliphatic rings. The van der Waals surface area contributed by atoms with E-state index in [0.717, 1.165) is 19.3 Å². The lowest BCUT2D eigenvalue weighted by Crippen LogP contribution is -2.47. The SMILES string of the molecule is CCCCCCCCCCCC(=O)N[C@@H](CCCN=C(N)N)C(=O)NCC(=O)O. The smallest absolute Gasteiger partial charge is 0.322 e. The first-order valence-electron chi connectivity index (χ1n) is 10.7. The highest BCUT2D eigenvalue weighted by molar-refractivity contribution is 5.89. The number of hydrogen-bond donors (Lipinski definition) is 5. The van der Waals surface area contributed by atoms with Crippen LogP contribution in [-0.4, -0.2) is 48.0 Å². The second kappa shape index (κ2) is 17.8. The van der Waals surface area contributed by atoms with E-state index in [1.807, 2.05) is 0 Å². The zero-order valence-electron chi connectivity index (χ0n) is 17.8. The van der Waals surface area contributed by atoms with E-state index in [-0.39, 0.29) is 11.9 Å². The summed E-state index contributed by atoms with van der Waals surface area (Å²) in [7, 11) is 0. The molecule has 0 rings (SSSR count). The lowest BCUT2D eigenvalue weighted by Gasteiger charge is -2.17. The summed E-state index contributed by atoms with van der Waals surface area (Å²) < 4.78 is 0. The van der Waals surface area contributed by atoms with Gasteiger partial charge in [-0.2, -0.15) is 0 Å². The molecule has 0 aliphatic carbocycles. The molecule has 168 valence electrons. The third kappa shape index (κ3) is 17.5. The maximum atomic E-state index is 12.2. The third-order valence-electron chi connectivity index (χ3n) is 4.52. The van der Waals surface area contributed by atoms with E-state index in [9.17, 15) is 14.4 Å². The van der Waals surface area contributed by atoms with E-state index in [1.165, 1.54) is 38.5 Å². The lowest BCUT2D eigenvalue weighted by atomic mass is 10.1. The van der Waals surface area contributed by atoms with Crippen molar-refractivity contribution >= 4 is 23.7 Å². The maximum absolute atomic E-state index is 12.2. The van der Waals surface area contributed by atoms with Crippen molar-refractivity contribution in [3.8, 4) is 0 Å². The number of carbonyl (C=O) groups is 3. The number of nitrogens with zero attached hydrogens (tertiary/aromatic N) is 1. The summed E-state index contributed by atoms with van der Waals surface area (Å²) in [6, 6.07) is -0.797. The molecule has 0 aromatic rings. The fourth-order valence-electron chi connectivity index (χ4n) is 2.92. The average Bonchev–Trinajstić information content (AvgIpc) is 2.66. The first-order valence-corrected chi connectivity index (χ1v) is 10.7. The van der Waals surface area contributed by atoms with Gasteiger partial charge in [0.1, 0.15) is 12.6 Å². The Labute approximate surface area is 174 Å². The van der Waals surface area contributed by atoms with Gasteiger partial charge < -0.3 is 27.2 Å². The molecule has 9 heteroatoms. The fourth-order valence-corrected chi connectivity index (χ4v) is 2.92. The number of carbonyl (C=O) groups excluding carboxylic acids is 2. The normalized spacial score (nSPS) is 11.5. The number of carboxylic acids is 1. The van der Waals surface area contributed by atoms with Gasteiger partial charge in [-0.05, 0) is 19.3 Å². The van der Waals surface area contributed by atoms with Gasteiger partial charge in [-0.25, -0.2) is 0 Å². The van der Waals surface area contributed by atoms with Crippen LogP contribution in [0.4, 0.5) is 0 Å². The highest BCUT2D eigenvalue weighted by Crippen LogP contribution is 2.10. The number of aliphatic imine (C=N–C) groups is 1. The summed E-state index contributed by atoms with van der Waals surface area (Å²) in [5.41, 5.74) is 10.5. The predicted octanol–water partition coefficient (Wildman–Crippen LogP) is 1.65. The van der Waals surface area contributed by atoms with Crippen LogP contribution in [0.15, 0.2) is 4.99 Å². The molecule has 0 heterocycles. The van der Waals surface area contributed by atoms with Crippen LogP contribution in [0.1, 0.15) is 84.0 Å². The van der Waals surface area contributed by atoms with Crippen LogP contribution >= 0.6 is 0 Å². The van der Waals surface area contributed by atoms with Crippen molar-refractivity contribution in [3.05, 3.63) is 0 Å². The minimum atomic E-state index is -1.14. The number of nitrogens with two attached hydrogens (primary N) is 2. The Balaban J connectivity index is 4.18. The monoisotopic (exact) mass is 413 g/mol. The van der Waals surface area contributed by atoms with Crippen molar-refractivity contribution < 1.29 is 19.5 Å². The van der Waals surface area contributed by atoms with E-state index in [2.05, 4.69) is 22.5 Å². The van der Waals surface area contributed by atoms with Crippen LogP contribution in [0.5, 0.6) is 0 Å². The van der Waals surface area contributed by atoms with Crippen molar-refractivity contribution in [1.29, 1.82) is 0 Å². The quantitative estimate of drug-likeness (QED) is 0.130. The summed E-state index contributed by atoms with van der Waals surface area (Å²) in [6.07, 6.45) is 11.6. The number of rotatable bonds is 18. The van der Waals surface area contributed by atoms with Crippen LogP contribution in [0.25, 0.3) is 0 Å². The molecular weight excluding hydrogens is 374 g/mol. The standard InChI is InChI=1S/C20H39N5O4/c1-2-3-4-5-6-7-8-9-10-13-17(26)25-16(12-11-14-23-20(21)22)19(29)24-15-18(27)28/h16H,2-15H2,1H3,(H,24,29)(H,25,26)(H,27,28)(H4,21,22,23)/t16-/m0/s1. The van der Waals surface area contributed by atoms with E-state index in [0.29, 0.717) is 25.8 Å². The van der Waals surface area contributed by atoms with Gasteiger partial charge >= 0.3 is 5.97 Å². The number of carboxylic acid groups (broad SMARTS) is 1. The van der Waals surface area contributed by atoms with Crippen molar-refractivity contribution in [1.82, 2.24) is 10.6 Å². The van der Waals surface area contributed by atoms with Gasteiger partial charge in [-0.3, -0.25) is 19.4 Å². The molecule has 0 aliphatic heterocycles. The number of amides is 2. The Hall–Kier alpha value is -2.32. The van der Waals surface area contributed by atoms with Crippen LogP contribution in [0.2, 0.25) is 0 Å². The van der Waals surface area contributed by atoms with Crippen molar-refractivity contribution in [3.63, 3.8) is 0 Å². The van der Waals surface area contributed by atoms with E-state index < -0.39 is 24.5 Å². The summed E-state index contributed by atoms with van der Waals surface area (Å²) in [5.74, 6) is -1.90. The predicted molar refractivity (Wildman–Crippen MR) is 114 cm³/mol. The molecule has 0 spiro atoms. The zero-order chi connectivity index (χ0) is 21.9. The number of aliphatic carboxylic acids is 1. The topological polar surface area (TPSA) is 160 Å². The van der Waals surface area contributed by atoms with Gasteiger partial charge in [0.05, 0.1) is 0 Å². The Bertz CT molecular complexity index is 507. The first kappa shape index (κ1) is 26.7. The molecule has 0 bridgehead atoms. The Morgan fingerprint density at radius 3 is 2.07 bits per heavy atom. The summed E-state index contributed by atoms with van der Waals surface area (Å²) >= 11 is 0. The van der Waals surface area contributed by atoms with Crippen molar-refractivity contribution in [2.75, 3.05) is 13.1 Å². The van der Waals surface area contributed by atoms with Gasteiger partial charge in [0.2, 0.25) is 11.8 Å². The van der Waals surface area contributed by atoms with Crippen LogP contribution in [-0.2, 0) is 14.4 Å². The molecule has 7 N–H and O–H groups in total. The van der Waals surface area contributed by atoms with E-state index in [4.69, 9.17) is 16.6 Å². The third-order valence-corrected chi connectivity index (χ3v) is 4.52. The number of nitrogens with one attached hydrogen (secondary N) is 2. The van der Waals surface area contributed by atoms with Crippen LogP contribution in [0, 0.1) is 0 Å². The Morgan fingerprint density at radius 2 is 1.52 bits per heavy atom. The molecule has 0 saturated carbocycles. The van der Waals surface area contributed by atoms with Crippen molar-refractivity contribution in [2.45, 2.75) is 90.0 Å². The summed E-state index contributed by atoms with van der Waals surface area (Å²) in [4.78, 5) is 38.8. The van der Waals surface area contributed by atoms with Gasteiger partial charge in [-0.1, -0.05) is 58.3 Å². The molecule has 0 radical (unpaired) electrons. The minimum Gasteiger partial charge on any atom is -0.480 e. The Morgan fingerprint density at radius 1 is 0.931 bits per heavy atom. The molecule has 0 aromatic heterocycles. The first-order chi connectivity index (χ1) is 13.9. The van der Waals surface area contributed by atoms with Crippen molar-refractivity contribution in [2.24, 2.45) is 16.5 Å². The van der Waals surface area contributed by atoms with Gasteiger partial charge in [-0.15, -0.1) is 0 Å². The van der Waals surface area contributed by atoms with Gasteiger partial charge in [0.25, 0.3) is 0 Å². The maximum Gasteiger partial charge on any atom is 0.322 e. The molecule has 0 fully saturated rings. The van der Waals surface area contributed by atoms with Crippen LogP contribution < -0.4 is 22.1 Å². The molecule has 0 unspecified atom stereocenters. The second-order valence-corrected chi connectivity index (χ2v) is 7.26. The van der Waals surface area contributed by atoms with Gasteiger partial charge in [0, 0.05) is 13.0 Å². The largest absolute Gasteiger partial charge is 0.480 e. The molecule has 29 heavy (non-hydrogen) atoms. The zero-order valence-corrected chi connectivity index (χ0v) is 17.8. The van der Waals surface area contributed by atoms with Gasteiger partial charge in [0.15, 0.2) is 5.96 Å². The molecule has 2 amide bonds. The highest BCUT2D eigenvalue weighted by atomic mass is 16.4. The Kier molecular flexibility index (Phi) is 16.3. The van der Waals surface area contributed by atoms with Crippen LogP contribution in [0.3, 0.4) is 0 Å². The summed E-state index contributed by atoms with van der Waals surface area (Å²) in [6.45, 7) is 2.05.